The molecular weight excluding hydrogens is 383 g/mol. The van der Waals surface area contributed by atoms with Gasteiger partial charge in [0.05, 0.1) is 0 Å². The quantitative estimate of drug-likeness (QED) is 0.614. The molecule has 0 radical (unpaired) electrons. The van der Waals surface area contributed by atoms with Gasteiger partial charge in [-0.1, -0.05) is 56.8 Å². The lowest BCUT2D eigenvalue weighted by Crippen LogP contribution is -2.49. The second kappa shape index (κ2) is 10.9. The van der Waals surface area contributed by atoms with Crippen LogP contribution >= 0.6 is 23.2 Å². The third-order valence-electron chi connectivity index (χ3n) is 5.37. The fourth-order valence-corrected chi connectivity index (χ4v) is 3.99. The summed E-state index contributed by atoms with van der Waals surface area (Å²) in [5, 5.41) is 3.81. The summed E-state index contributed by atoms with van der Waals surface area (Å²) >= 11 is 11.9. The zero-order chi connectivity index (χ0) is 19.8. The lowest BCUT2D eigenvalue weighted by molar-refractivity contribution is -0.139. The number of alkyl halides is 1. The van der Waals surface area contributed by atoms with Crippen molar-refractivity contribution in [2.75, 3.05) is 12.4 Å². The Morgan fingerprint density at radius 2 is 1.89 bits per heavy atom. The van der Waals surface area contributed by atoms with Gasteiger partial charge < -0.3 is 10.2 Å². The lowest BCUT2D eigenvalue weighted by atomic mass is 9.85. The lowest BCUT2D eigenvalue weighted by Gasteiger charge is -2.35. The number of hydrogen-bond acceptors (Lipinski definition) is 2. The SMILES string of the molecule is CCCCN(C(=O)CCl)[C@H](C(=O)N[C@H]1CCCC[C@H]1C)c1ccc(Cl)cc1. The fourth-order valence-electron chi connectivity index (χ4n) is 3.71. The minimum atomic E-state index is -0.686. The second-order valence-electron chi connectivity index (χ2n) is 7.41. The van der Waals surface area contributed by atoms with E-state index < -0.39 is 6.04 Å². The first-order valence-corrected chi connectivity index (χ1v) is 10.8. The van der Waals surface area contributed by atoms with Gasteiger partial charge in [-0.2, -0.15) is 0 Å². The van der Waals surface area contributed by atoms with Crippen LogP contribution < -0.4 is 5.32 Å². The largest absolute Gasteiger partial charge is 0.351 e. The third-order valence-corrected chi connectivity index (χ3v) is 5.85. The number of carbonyl (C=O) groups excluding carboxylic acids is 2. The first kappa shape index (κ1) is 22.0. The van der Waals surface area contributed by atoms with E-state index in [1.807, 2.05) is 12.1 Å². The normalized spacial score (nSPS) is 20.7. The molecule has 1 N–H and O–H groups in total. The number of unbranched alkanes of at least 4 members (excludes halogenated alkanes) is 1. The Kier molecular flexibility index (Phi) is 8.91. The summed E-state index contributed by atoms with van der Waals surface area (Å²) in [4.78, 5) is 27.4. The molecule has 0 spiro atoms. The van der Waals surface area contributed by atoms with Gasteiger partial charge in [0.2, 0.25) is 11.8 Å². The van der Waals surface area contributed by atoms with Crippen LogP contribution in [-0.2, 0) is 9.59 Å². The Bertz CT molecular complexity index is 621. The highest BCUT2D eigenvalue weighted by molar-refractivity contribution is 6.30. The molecule has 2 amide bonds. The standard InChI is InChI=1S/C21H30Cl2N2O2/c1-3-4-13-25(19(26)14-22)20(16-9-11-17(23)12-10-16)21(27)24-18-8-6-5-7-15(18)2/h9-12,15,18,20H,3-8,13-14H2,1-2H3,(H,24,27)/t15-,18+,20+/m1/s1. The molecule has 1 aliphatic rings. The maximum absolute atomic E-state index is 13.3. The van der Waals surface area contributed by atoms with E-state index in [4.69, 9.17) is 23.2 Å². The third kappa shape index (κ3) is 6.11. The van der Waals surface area contributed by atoms with Crippen LogP contribution in [0.4, 0.5) is 0 Å². The Labute approximate surface area is 172 Å². The van der Waals surface area contributed by atoms with Gasteiger partial charge in [0.1, 0.15) is 11.9 Å². The number of carbonyl (C=O) groups is 2. The Hall–Kier alpha value is -1.26. The van der Waals surface area contributed by atoms with E-state index >= 15 is 0 Å². The fraction of sp³-hybridized carbons (Fsp3) is 0.619. The summed E-state index contributed by atoms with van der Waals surface area (Å²) in [5.41, 5.74) is 0.759. The highest BCUT2D eigenvalue weighted by Gasteiger charge is 2.33. The van der Waals surface area contributed by atoms with Gasteiger partial charge in [-0.15, -0.1) is 11.6 Å². The van der Waals surface area contributed by atoms with E-state index in [0.717, 1.165) is 37.7 Å². The van der Waals surface area contributed by atoms with Gasteiger partial charge in [0.15, 0.2) is 0 Å². The molecule has 1 aromatic carbocycles. The average molecular weight is 413 g/mol. The van der Waals surface area contributed by atoms with Crippen LogP contribution in [0, 0.1) is 5.92 Å². The van der Waals surface area contributed by atoms with Crippen molar-refractivity contribution in [2.45, 2.75) is 64.5 Å². The van der Waals surface area contributed by atoms with Crippen LogP contribution in [-0.4, -0.2) is 35.2 Å². The summed E-state index contributed by atoms with van der Waals surface area (Å²) in [6.07, 6.45) is 6.19. The topological polar surface area (TPSA) is 49.4 Å². The smallest absolute Gasteiger partial charge is 0.247 e. The molecule has 0 saturated heterocycles. The van der Waals surface area contributed by atoms with Crippen LogP contribution in [0.15, 0.2) is 24.3 Å². The van der Waals surface area contributed by atoms with Gasteiger partial charge in [-0.05, 0) is 42.9 Å². The molecule has 4 nitrogen and oxygen atoms in total. The summed E-state index contributed by atoms with van der Waals surface area (Å²) in [6.45, 7) is 4.74. The molecule has 1 saturated carbocycles. The summed E-state index contributed by atoms with van der Waals surface area (Å²) in [7, 11) is 0. The Morgan fingerprint density at radius 3 is 2.48 bits per heavy atom. The predicted octanol–water partition coefficient (Wildman–Crippen LogP) is 4.94. The van der Waals surface area contributed by atoms with E-state index in [-0.39, 0.29) is 23.7 Å². The number of halogens is 2. The first-order valence-electron chi connectivity index (χ1n) is 9.89. The Morgan fingerprint density at radius 1 is 1.22 bits per heavy atom. The van der Waals surface area contributed by atoms with E-state index in [9.17, 15) is 9.59 Å². The molecule has 0 aliphatic heterocycles. The molecule has 0 bridgehead atoms. The van der Waals surface area contributed by atoms with Gasteiger partial charge in [0, 0.05) is 17.6 Å². The number of rotatable bonds is 8. The monoisotopic (exact) mass is 412 g/mol. The number of amides is 2. The van der Waals surface area contributed by atoms with Crippen molar-refractivity contribution < 1.29 is 9.59 Å². The minimum absolute atomic E-state index is 0.134. The molecule has 3 atom stereocenters. The van der Waals surface area contributed by atoms with Crippen LogP contribution in [0.5, 0.6) is 0 Å². The van der Waals surface area contributed by atoms with Gasteiger partial charge >= 0.3 is 0 Å². The van der Waals surface area contributed by atoms with Crippen molar-refractivity contribution in [1.29, 1.82) is 0 Å². The molecule has 0 unspecified atom stereocenters. The summed E-state index contributed by atoms with van der Waals surface area (Å²) in [6, 6.07) is 6.61. The summed E-state index contributed by atoms with van der Waals surface area (Å²) < 4.78 is 0. The molecular formula is C21H30Cl2N2O2. The average Bonchev–Trinajstić information content (AvgIpc) is 2.67. The van der Waals surface area contributed by atoms with Crippen LogP contribution in [0.2, 0.25) is 5.02 Å². The molecule has 150 valence electrons. The molecule has 1 aromatic rings. The van der Waals surface area contributed by atoms with Crippen molar-refractivity contribution >= 4 is 35.0 Å². The van der Waals surface area contributed by atoms with Crippen LogP contribution in [0.3, 0.4) is 0 Å². The van der Waals surface area contributed by atoms with E-state index in [1.165, 1.54) is 6.42 Å². The van der Waals surface area contributed by atoms with Crippen LogP contribution in [0.25, 0.3) is 0 Å². The van der Waals surface area contributed by atoms with Crippen molar-refractivity contribution in [2.24, 2.45) is 5.92 Å². The van der Waals surface area contributed by atoms with Crippen molar-refractivity contribution in [3.63, 3.8) is 0 Å². The molecule has 27 heavy (non-hydrogen) atoms. The zero-order valence-corrected chi connectivity index (χ0v) is 17.7. The van der Waals surface area contributed by atoms with E-state index in [0.29, 0.717) is 17.5 Å². The second-order valence-corrected chi connectivity index (χ2v) is 8.11. The van der Waals surface area contributed by atoms with Gasteiger partial charge in [-0.25, -0.2) is 0 Å². The van der Waals surface area contributed by atoms with Crippen molar-refractivity contribution in [3.8, 4) is 0 Å². The maximum atomic E-state index is 13.3. The number of benzene rings is 1. The molecule has 1 fully saturated rings. The number of nitrogens with zero attached hydrogens (tertiary/aromatic N) is 1. The predicted molar refractivity (Wildman–Crippen MR) is 111 cm³/mol. The molecule has 0 aromatic heterocycles. The highest BCUT2D eigenvalue weighted by atomic mass is 35.5. The number of nitrogens with one attached hydrogen (secondary N) is 1. The minimum Gasteiger partial charge on any atom is -0.351 e. The first-order chi connectivity index (χ1) is 13.0. The van der Waals surface area contributed by atoms with Crippen LogP contribution in [0.1, 0.15) is 64.0 Å². The maximum Gasteiger partial charge on any atom is 0.247 e. The molecule has 2 rings (SSSR count). The zero-order valence-electron chi connectivity index (χ0n) is 16.2. The Balaban J connectivity index is 2.30. The van der Waals surface area contributed by atoms with Gasteiger partial charge in [-0.3, -0.25) is 9.59 Å². The molecule has 0 heterocycles. The van der Waals surface area contributed by atoms with Crippen molar-refractivity contribution in [3.05, 3.63) is 34.9 Å². The van der Waals surface area contributed by atoms with Gasteiger partial charge in [0.25, 0.3) is 0 Å². The van der Waals surface area contributed by atoms with Crippen molar-refractivity contribution in [1.82, 2.24) is 10.2 Å². The highest BCUT2D eigenvalue weighted by Crippen LogP contribution is 2.27. The number of hydrogen-bond donors (Lipinski definition) is 1. The van der Waals surface area contributed by atoms with E-state index in [1.54, 1.807) is 17.0 Å². The summed E-state index contributed by atoms with van der Waals surface area (Å²) in [5.74, 6) is -0.0510. The molecule has 6 heteroatoms. The van der Waals surface area contributed by atoms with E-state index in [2.05, 4.69) is 19.2 Å². The molecule has 1 aliphatic carbocycles.